The van der Waals surface area contributed by atoms with Crippen LogP contribution in [0.2, 0.25) is 0 Å². The van der Waals surface area contributed by atoms with Crippen LogP contribution in [0.1, 0.15) is 28.8 Å². The fourth-order valence-corrected chi connectivity index (χ4v) is 3.02. The summed E-state index contributed by atoms with van der Waals surface area (Å²) in [6.07, 6.45) is -0.110. The second kappa shape index (κ2) is 8.93. The van der Waals surface area contributed by atoms with Gasteiger partial charge in [-0.3, -0.25) is 14.6 Å². The first-order chi connectivity index (χ1) is 13.8. The molecule has 1 saturated heterocycles. The number of alkyl halides is 3. The first kappa shape index (κ1) is 20.6. The largest absolute Gasteiger partial charge is 0.484 e. The minimum Gasteiger partial charge on any atom is -0.484 e. The van der Waals surface area contributed by atoms with Crippen molar-refractivity contribution in [2.45, 2.75) is 25.1 Å². The van der Waals surface area contributed by atoms with Gasteiger partial charge in [-0.2, -0.15) is 13.2 Å². The molecular weight excluding hydrogens is 387 g/mol. The van der Waals surface area contributed by atoms with Crippen molar-refractivity contribution >= 4 is 11.8 Å². The van der Waals surface area contributed by atoms with E-state index in [-0.39, 0.29) is 30.2 Å². The molecule has 0 spiro atoms. The number of carbonyl (C=O) groups is 2. The van der Waals surface area contributed by atoms with Gasteiger partial charge in [0.25, 0.3) is 11.8 Å². The predicted molar refractivity (Wildman–Crippen MR) is 98.2 cm³/mol. The van der Waals surface area contributed by atoms with E-state index in [0.29, 0.717) is 31.5 Å². The minimum atomic E-state index is -4.41. The molecule has 1 aromatic carbocycles. The first-order valence-electron chi connectivity index (χ1n) is 9.11. The molecule has 2 heterocycles. The molecule has 0 aliphatic carbocycles. The van der Waals surface area contributed by atoms with Gasteiger partial charge in [-0.15, -0.1) is 0 Å². The SMILES string of the molecule is O=C(NC1CCN(C(=O)COc2ccc(C(F)(F)F)cc2)CC1)c1cccnc1. The molecule has 29 heavy (non-hydrogen) atoms. The lowest BCUT2D eigenvalue weighted by Crippen LogP contribution is -2.47. The lowest BCUT2D eigenvalue weighted by atomic mass is 10.0. The van der Waals surface area contributed by atoms with Crippen molar-refractivity contribution in [3.63, 3.8) is 0 Å². The highest BCUT2D eigenvalue weighted by Crippen LogP contribution is 2.30. The first-order valence-corrected chi connectivity index (χ1v) is 9.11. The van der Waals surface area contributed by atoms with Crippen LogP contribution in [0.3, 0.4) is 0 Å². The Kier molecular flexibility index (Phi) is 6.36. The van der Waals surface area contributed by atoms with Gasteiger partial charge in [-0.05, 0) is 49.2 Å². The summed E-state index contributed by atoms with van der Waals surface area (Å²) < 4.78 is 43.0. The maximum absolute atomic E-state index is 12.6. The molecule has 0 atom stereocenters. The van der Waals surface area contributed by atoms with Crippen LogP contribution >= 0.6 is 0 Å². The van der Waals surface area contributed by atoms with E-state index >= 15 is 0 Å². The third-order valence-corrected chi connectivity index (χ3v) is 4.65. The summed E-state index contributed by atoms with van der Waals surface area (Å²) >= 11 is 0. The number of hydrogen-bond acceptors (Lipinski definition) is 4. The number of benzene rings is 1. The molecule has 1 aliphatic heterocycles. The highest BCUT2D eigenvalue weighted by atomic mass is 19.4. The highest BCUT2D eigenvalue weighted by molar-refractivity contribution is 5.94. The van der Waals surface area contributed by atoms with Crippen molar-refractivity contribution in [3.05, 3.63) is 59.9 Å². The van der Waals surface area contributed by atoms with E-state index in [1.54, 1.807) is 23.2 Å². The van der Waals surface area contributed by atoms with Gasteiger partial charge in [0.15, 0.2) is 6.61 Å². The van der Waals surface area contributed by atoms with Crippen LogP contribution in [0.15, 0.2) is 48.8 Å². The van der Waals surface area contributed by atoms with Crippen LogP contribution in [0.25, 0.3) is 0 Å². The van der Waals surface area contributed by atoms with Gasteiger partial charge in [-0.1, -0.05) is 0 Å². The number of rotatable bonds is 5. The number of ether oxygens (including phenoxy) is 1. The molecule has 0 unspecified atom stereocenters. The quantitative estimate of drug-likeness (QED) is 0.828. The number of pyridine rings is 1. The number of nitrogens with zero attached hydrogens (tertiary/aromatic N) is 2. The van der Waals surface area contributed by atoms with Crippen molar-refractivity contribution < 1.29 is 27.5 Å². The maximum atomic E-state index is 12.6. The number of amides is 2. The minimum absolute atomic E-state index is 0.0393. The highest BCUT2D eigenvalue weighted by Gasteiger charge is 2.30. The lowest BCUT2D eigenvalue weighted by Gasteiger charge is -2.32. The standard InChI is InChI=1S/C20H20F3N3O3/c21-20(22,23)15-3-5-17(6-4-15)29-13-18(27)26-10-7-16(8-11-26)25-19(28)14-2-1-9-24-12-14/h1-6,9,12,16H,7-8,10-11,13H2,(H,25,28). The van der Waals surface area contributed by atoms with E-state index in [9.17, 15) is 22.8 Å². The lowest BCUT2D eigenvalue weighted by molar-refractivity contribution is -0.138. The summed E-state index contributed by atoms with van der Waals surface area (Å²) in [6, 6.07) is 7.54. The topological polar surface area (TPSA) is 71.5 Å². The van der Waals surface area contributed by atoms with Crippen LogP contribution in [0.4, 0.5) is 13.2 Å². The molecule has 0 radical (unpaired) electrons. The molecule has 6 nitrogen and oxygen atoms in total. The predicted octanol–water partition coefficient (Wildman–Crippen LogP) is 2.90. The van der Waals surface area contributed by atoms with E-state index in [1.807, 2.05) is 0 Å². The number of nitrogens with one attached hydrogen (secondary N) is 1. The van der Waals surface area contributed by atoms with Crippen molar-refractivity contribution in [3.8, 4) is 5.75 Å². The Morgan fingerprint density at radius 1 is 1.14 bits per heavy atom. The van der Waals surface area contributed by atoms with E-state index < -0.39 is 11.7 Å². The zero-order valence-electron chi connectivity index (χ0n) is 15.5. The Bertz CT molecular complexity index is 834. The van der Waals surface area contributed by atoms with Crippen LogP contribution in [-0.2, 0) is 11.0 Å². The Morgan fingerprint density at radius 3 is 2.41 bits per heavy atom. The number of likely N-dealkylation sites (tertiary alicyclic amines) is 1. The van der Waals surface area contributed by atoms with E-state index in [0.717, 1.165) is 12.1 Å². The zero-order valence-corrected chi connectivity index (χ0v) is 15.5. The molecule has 154 valence electrons. The van der Waals surface area contributed by atoms with Crippen molar-refractivity contribution in [2.75, 3.05) is 19.7 Å². The normalized spacial score (nSPS) is 15.1. The Morgan fingerprint density at radius 2 is 1.83 bits per heavy atom. The van der Waals surface area contributed by atoms with Gasteiger partial charge in [0, 0.05) is 31.5 Å². The summed E-state index contributed by atoms with van der Waals surface area (Å²) in [4.78, 5) is 30.0. The maximum Gasteiger partial charge on any atom is 0.416 e. The van der Waals surface area contributed by atoms with Gasteiger partial charge in [-0.25, -0.2) is 0 Å². The smallest absolute Gasteiger partial charge is 0.416 e. The molecule has 1 N–H and O–H groups in total. The van der Waals surface area contributed by atoms with E-state index in [4.69, 9.17) is 4.74 Å². The van der Waals surface area contributed by atoms with Gasteiger partial charge in [0.05, 0.1) is 11.1 Å². The molecule has 9 heteroatoms. The fourth-order valence-electron chi connectivity index (χ4n) is 3.02. The molecular formula is C20H20F3N3O3. The summed E-state index contributed by atoms with van der Waals surface area (Å²) in [7, 11) is 0. The molecule has 1 aliphatic rings. The summed E-state index contributed by atoms with van der Waals surface area (Å²) in [5, 5.41) is 2.93. The number of carbonyl (C=O) groups excluding carboxylic acids is 2. The average Bonchev–Trinajstić information content (AvgIpc) is 2.73. The second-order valence-electron chi connectivity index (χ2n) is 6.68. The monoisotopic (exact) mass is 407 g/mol. The van der Waals surface area contributed by atoms with Crippen molar-refractivity contribution in [1.82, 2.24) is 15.2 Å². The Balaban J connectivity index is 1.42. The average molecular weight is 407 g/mol. The number of piperidine rings is 1. The molecule has 1 fully saturated rings. The Labute approximate surface area is 165 Å². The Hall–Kier alpha value is -3.10. The van der Waals surface area contributed by atoms with Gasteiger partial charge in [0.2, 0.25) is 0 Å². The van der Waals surface area contributed by atoms with Crippen LogP contribution in [0, 0.1) is 0 Å². The second-order valence-corrected chi connectivity index (χ2v) is 6.68. The number of aromatic nitrogens is 1. The van der Waals surface area contributed by atoms with Crippen LogP contribution in [0.5, 0.6) is 5.75 Å². The number of halogens is 3. The molecule has 1 aromatic heterocycles. The van der Waals surface area contributed by atoms with E-state index in [1.165, 1.54) is 18.3 Å². The number of hydrogen-bond donors (Lipinski definition) is 1. The van der Waals surface area contributed by atoms with Crippen molar-refractivity contribution in [2.24, 2.45) is 0 Å². The summed E-state index contributed by atoms with van der Waals surface area (Å²) in [6.45, 7) is 0.679. The van der Waals surface area contributed by atoms with Gasteiger partial charge < -0.3 is 15.0 Å². The fraction of sp³-hybridized carbons (Fsp3) is 0.350. The zero-order chi connectivity index (χ0) is 20.9. The molecule has 2 aromatic rings. The van der Waals surface area contributed by atoms with Gasteiger partial charge in [0.1, 0.15) is 5.75 Å². The third-order valence-electron chi connectivity index (χ3n) is 4.65. The summed E-state index contributed by atoms with van der Waals surface area (Å²) in [5.74, 6) is -0.250. The van der Waals surface area contributed by atoms with E-state index in [2.05, 4.69) is 10.3 Å². The summed E-state index contributed by atoms with van der Waals surface area (Å²) in [5.41, 5.74) is -0.289. The van der Waals surface area contributed by atoms with Crippen molar-refractivity contribution in [1.29, 1.82) is 0 Å². The molecule has 0 saturated carbocycles. The molecule has 3 rings (SSSR count). The molecule has 0 bridgehead atoms. The third kappa shape index (κ3) is 5.69. The van der Waals surface area contributed by atoms with Crippen LogP contribution < -0.4 is 10.1 Å². The van der Waals surface area contributed by atoms with Gasteiger partial charge >= 0.3 is 6.18 Å². The van der Waals surface area contributed by atoms with Crippen LogP contribution in [-0.4, -0.2) is 47.4 Å². The molecule has 2 amide bonds.